The SMILES string of the molecule is CC(C)c1c(C(=O)NCCCN)cnn1-c1ccc(F)cc1.Cl. The molecule has 2 aromatic rings. The molecule has 0 saturated carbocycles. The zero-order chi connectivity index (χ0) is 16.1. The van der Waals surface area contributed by atoms with Crippen LogP contribution in [-0.4, -0.2) is 28.8 Å². The monoisotopic (exact) mass is 340 g/mol. The summed E-state index contributed by atoms with van der Waals surface area (Å²) < 4.78 is 14.7. The number of nitrogens with zero attached hydrogens (tertiary/aromatic N) is 2. The van der Waals surface area contributed by atoms with Gasteiger partial charge in [0.2, 0.25) is 0 Å². The standard InChI is InChI=1S/C16H21FN4O.ClH/c1-11(2)15-14(16(22)19-9-3-8-18)10-20-21(15)13-6-4-12(17)5-7-13;/h4-7,10-11H,3,8-9,18H2,1-2H3,(H,19,22);1H. The van der Waals surface area contributed by atoms with Crippen molar-refractivity contribution in [2.24, 2.45) is 5.73 Å². The third-order valence-electron chi connectivity index (χ3n) is 3.34. The van der Waals surface area contributed by atoms with E-state index in [1.54, 1.807) is 23.0 Å². The molecule has 1 amide bonds. The van der Waals surface area contributed by atoms with Gasteiger partial charge in [0, 0.05) is 6.54 Å². The average molecular weight is 341 g/mol. The van der Waals surface area contributed by atoms with E-state index >= 15 is 0 Å². The number of carbonyl (C=O) groups excluding carboxylic acids is 1. The summed E-state index contributed by atoms with van der Waals surface area (Å²) in [5.41, 5.74) is 7.49. The Labute approximate surface area is 141 Å². The number of nitrogens with two attached hydrogens (primary N) is 1. The summed E-state index contributed by atoms with van der Waals surface area (Å²) in [6.07, 6.45) is 2.28. The van der Waals surface area contributed by atoms with E-state index in [0.717, 1.165) is 17.8 Å². The van der Waals surface area contributed by atoms with E-state index in [0.29, 0.717) is 18.7 Å². The van der Waals surface area contributed by atoms with Gasteiger partial charge in [-0.1, -0.05) is 13.8 Å². The average Bonchev–Trinajstić information content (AvgIpc) is 2.93. The lowest BCUT2D eigenvalue weighted by atomic mass is 10.0. The predicted molar refractivity (Wildman–Crippen MR) is 90.9 cm³/mol. The van der Waals surface area contributed by atoms with Crippen molar-refractivity contribution in [1.29, 1.82) is 0 Å². The largest absolute Gasteiger partial charge is 0.352 e. The Kier molecular flexibility index (Phi) is 7.19. The smallest absolute Gasteiger partial charge is 0.254 e. The molecule has 126 valence electrons. The van der Waals surface area contributed by atoms with Crippen molar-refractivity contribution in [2.45, 2.75) is 26.2 Å². The number of hydrogen-bond acceptors (Lipinski definition) is 3. The topological polar surface area (TPSA) is 72.9 Å². The van der Waals surface area contributed by atoms with Gasteiger partial charge in [-0.2, -0.15) is 5.10 Å². The number of carbonyl (C=O) groups is 1. The zero-order valence-electron chi connectivity index (χ0n) is 13.3. The molecule has 0 unspecified atom stereocenters. The lowest BCUT2D eigenvalue weighted by Crippen LogP contribution is -2.27. The maximum absolute atomic E-state index is 13.1. The molecule has 0 radical (unpaired) electrons. The van der Waals surface area contributed by atoms with Crippen LogP contribution in [0.5, 0.6) is 0 Å². The quantitative estimate of drug-likeness (QED) is 0.794. The molecule has 0 bridgehead atoms. The highest BCUT2D eigenvalue weighted by Crippen LogP contribution is 2.23. The first-order valence-electron chi connectivity index (χ1n) is 7.36. The number of aromatic nitrogens is 2. The second-order valence-electron chi connectivity index (χ2n) is 5.38. The molecule has 23 heavy (non-hydrogen) atoms. The molecule has 0 fully saturated rings. The summed E-state index contributed by atoms with van der Waals surface area (Å²) in [7, 11) is 0. The number of nitrogens with one attached hydrogen (secondary N) is 1. The fraction of sp³-hybridized carbons (Fsp3) is 0.375. The molecule has 0 atom stereocenters. The third-order valence-corrected chi connectivity index (χ3v) is 3.34. The van der Waals surface area contributed by atoms with Gasteiger partial charge < -0.3 is 11.1 Å². The normalized spacial score (nSPS) is 10.5. The highest BCUT2D eigenvalue weighted by atomic mass is 35.5. The van der Waals surface area contributed by atoms with Crippen LogP contribution in [0.15, 0.2) is 30.5 Å². The molecule has 1 aromatic heterocycles. The molecule has 2 rings (SSSR count). The van der Waals surface area contributed by atoms with Crippen LogP contribution in [0.25, 0.3) is 5.69 Å². The number of hydrogen-bond donors (Lipinski definition) is 2. The van der Waals surface area contributed by atoms with E-state index < -0.39 is 0 Å². The van der Waals surface area contributed by atoms with Crippen molar-refractivity contribution in [2.75, 3.05) is 13.1 Å². The second-order valence-corrected chi connectivity index (χ2v) is 5.38. The van der Waals surface area contributed by atoms with Gasteiger partial charge in [0.15, 0.2) is 0 Å². The number of amides is 1. The molecule has 5 nitrogen and oxygen atoms in total. The highest BCUT2D eigenvalue weighted by Gasteiger charge is 2.20. The first-order chi connectivity index (χ1) is 10.5. The zero-order valence-corrected chi connectivity index (χ0v) is 14.1. The molecular formula is C16H22ClFN4O. The van der Waals surface area contributed by atoms with E-state index in [1.165, 1.54) is 12.1 Å². The van der Waals surface area contributed by atoms with Crippen LogP contribution < -0.4 is 11.1 Å². The Hall–Kier alpha value is -1.92. The molecule has 0 aliphatic carbocycles. The Morgan fingerprint density at radius 3 is 2.57 bits per heavy atom. The van der Waals surface area contributed by atoms with Gasteiger partial charge in [0.25, 0.3) is 5.91 Å². The van der Waals surface area contributed by atoms with Crippen LogP contribution >= 0.6 is 12.4 Å². The van der Waals surface area contributed by atoms with Crippen molar-refractivity contribution in [3.05, 3.63) is 47.5 Å². The number of benzene rings is 1. The predicted octanol–water partition coefficient (Wildman–Crippen LogP) is 2.64. The van der Waals surface area contributed by atoms with Crippen LogP contribution in [0, 0.1) is 5.82 Å². The molecule has 3 N–H and O–H groups in total. The third kappa shape index (κ3) is 4.53. The van der Waals surface area contributed by atoms with Gasteiger partial charge in [-0.05, 0) is 43.1 Å². The van der Waals surface area contributed by atoms with Crippen LogP contribution in [0.3, 0.4) is 0 Å². The minimum atomic E-state index is -0.304. The fourth-order valence-corrected chi connectivity index (χ4v) is 2.28. The highest BCUT2D eigenvalue weighted by molar-refractivity contribution is 5.95. The molecule has 0 spiro atoms. The van der Waals surface area contributed by atoms with Crippen molar-refractivity contribution in [1.82, 2.24) is 15.1 Å². The maximum atomic E-state index is 13.1. The molecular weight excluding hydrogens is 319 g/mol. The summed E-state index contributed by atoms with van der Waals surface area (Å²) in [6.45, 7) is 5.06. The van der Waals surface area contributed by atoms with E-state index in [4.69, 9.17) is 5.73 Å². The summed E-state index contributed by atoms with van der Waals surface area (Å²) >= 11 is 0. The Morgan fingerprint density at radius 1 is 1.35 bits per heavy atom. The van der Waals surface area contributed by atoms with Crippen LogP contribution in [0.1, 0.15) is 42.2 Å². The van der Waals surface area contributed by atoms with Crippen molar-refractivity contribution in [3.63, 3.8) is 0 Å². The van der Waals surface area contributed by atoms with E-state index in [2.05, 4.69) is 10.4 Å². The number of rotatable bonds is 6. The van der Waals surface area contributed by atoms with Gasteiger partial charge in [0.05, 0.1) is 23.1 Å². The molecule has 0 saturated heterocycles. The summed E-state index contributed by atoms with van der Waals surface area (Å²) in [4.78, 5) is 12.3. The Balaban J connectivity index is 0.00000264. The summed E-state index contributed by atoms with van der Waals surface area (Å²) in [5, 5.41) is 7.13. The van der Waals surface area contributed by atoms with Crippen molar-refractivity contribution < 1.29 is 9.18 Å². The van der Waals surface area contributed by atoms with E-state index in [1.807, 2.05) is 13.8 Å². The van der Waals surface area contributed by atoms with E-state index in [-0.39, 0.29) is 30.0 Å². The summed E-state index contributed by atoms with van der Waals surface area (Å²) in [6, 6.07) is 6.04. The first kappa shape index (κ1) is 19.1. The van der Waals surface area contributed by atoms with Gasteiger partial charge in [-0.15, -0.1) is 12.4 Å². The fourth-order valence-electron chi connectivity index (χ4n) is 2.28. The molecule has 1 aromatic carbocycles. The minimum absolute atomic E-state index is 0. The van der Waals surface area contributed by atoms with Crippen LogP contribution in [0.2, 0.25) is 0 Å². The molecule has 0 aliphatic rings. The van der Waals surface area contributed by atoms with Crippen LogP contribution in [-0.2, 0) is 0 Å². The number of halogens is 2. The van der Waals surface area contributed by atoms with Crippen molar-refractivity contribution >= 4 is 18.3 Å². The van der Waals surface area contributed by atoms with Gasteiger partial charge >= 0.3 is 0 Å². The first-order valence-corrected chi connectivity index (χ1v) is 7.36. The lowest BCUT2D eigenvalue weighted by Gasteiger charge is -2.13. The Morgan fingerprint density at radius 2 is 2.00 bits per heavy atom. The molecule has 7 heteroatoms. The molecule has 0 aliphatic heterocycles. The van der Waals surface area contributed by atoms with Crippen LogP contribution in [0.4, 0.5) is 4.39 Å². The van der Waals surface area contributed by atoms with E-state index in [9.17, 15) is 9.18 Å². The van der Waals surface area contributed by atoms with Gasteiger partial charge in [-0.25, -0.2) is 9.07 Å². The summed E-state index contributed by atoms with van der Waals surface area (Å²) in [5.74, 6) is -0.366. The second kappa shape index (κ2) is 8.64. The van der Waals surface area contributed by atoms with Crippen molar-refractivity contribution in [3.8, 4) is 5.69 Å². The maximum Gasteiger partial charge on any atom is 0.254 e. The minimum Gasteiger partial charge on any atom is -0.352 e. The molecule has 1 heterocycles. The van der Waals surface area contributed by atoms with Gasteiger partial charge in [0.1, 0.15) is 5.82 Å². The lowest BCUT2D eigenvalue weighted by molar-refractivity contribution is 0.0952. The van der Waals surface area contributed by atoms with Gasteiger partial charge in [-0.3, -0.25) is 4.79 Å². The Bertz CT molecular complexity index is 640.